The van der Waals surface area contributed by atoms with E-state index in [4.69, 9.17) is 0 Å². The van der Waals surface area contributed by atoms with Gasteiger partial charge in [0.05, 0.1) is 16.7 Å². The Morgan fingerprint density at radius 1 is 1.26 bits per heavy atom. The van der Waals surface area contributed by atoms with Crippen LogP contribution in [0.3, 0.4) is 0 Å². The van der Waals surface area contributed by atoms with E-state index in [1.807, 2.05) is 38.2 Å². The number of anilines is 1. The van der Waals surface area contributed by atoms with Crippen molar-refractivity contribution in [2.75, 3.05) is 18.9 Å². The van der Waals surface area contributed by atoms with Crippen LogP contribution in [0.25, 0.3) is 11.0 Å². The lowest BCUT2D eigenvalue weighted by Crippen LogP contribution is -2.31. The van der Waals surface area contributed by atoms with Crippen molar-refractivity contribution >= 4 is 22.8 Å². The summed E-state index contributed by atoms with van der Waals surface area (Å²) in [4.78, 5) is 22.7. The van der Waals surface area contributed by atoms with E-state index in [2.05, 4.69) is 15.3 Å². The van der Waals surface area contributed by atoms with E-state index in [0.29, 0.717) is 5.82 Å². The predicted octanol–water partition coefficient (Wildman–Crippen LogP) is 1.58. The summed E-state index contributed by atoms with van der Waals surface area (Å²) in [6.45, 7) is 2.70. The molecule has 1 fully saturated rings. The zero-order valence-electron chi connectivity index (χ0n) is 11.1. The third kappa shape index (κ3) is 2.12. The van der Waals surface area contributed by atoms with Crippen LogP contribution >= 0.6 is 0 Å². The molecule has 5 nitrogen and oxygen atoms in total. The summed E-state index contributed by atoms with van der Waals surface area (Å²) in [7, 11) is 1.82. The Morgan fingerprint density at radius 2 is 1.95 bits per heavy atom. The number of likely N-dealkylation sites (tertiary alicyclic amines) is 1. The van der Waals surface area contributed by atoms with E-state index in [1.165, 1.54) is 0 Å². The second kappa shape index (κ2) is 4.50. The molecule has 0 radical (unpaired) electrons. The monoisotopic (exact) mass is 256 g/mol. The van der Waals surface area contributed by atoms with Crippen molar-refractivity contribution in [1.29, 1.82) is 0 Å². The molecule has 3 rings (SSSR count). The van der Waals surface area contributed by atoms with Gasteiger partial charge in [-0.25, -0.2) is 9.97 Å². The highest BCUT2D eigenvalue weighted by atomic mass is 16.2. The number of amides is 1. The molecule has 1 aromatic heterocycles. The van der Waals surface area contributed by atoms with Gasteiger partial charge in [-0.2, -0.15) is 0 Å². The Morgan fingerprint density at radius 3 is 2.58 bits per heavy atom. The maximum absolute atomic E-state index is 11.9. The first-order valence-corrected chi connectivity index (χ1v) is 6.40. The van der Waals surface area contributed by atoms with Crippen LogP contribution < -0.4 is 5.32 Å². The first kappa shape index (κ1) is 11.9. The van der Waals surface area contributed by atoms with Crippen molar-refractivity contribution in [3.8, 4) is 0 Å². The number of likely N-dealkylation sites (N-methyl/N-ethyl adjacent to an activating group) is 1. The van der Waals surface area contributed by atoms with Crippen LogP contribution in [0.1, 0.15) is 12.1 Å². The van der Waals surface area contributed by atoms with Gasteiger partial charge in [0, 0.05) is 13.6 Å². The SMILES string of the molecule is Cc1nc2ccccc2nc1N[C@H]1CCN(C)C1=O. The van der Waals surface area contributed by atoms with Crippen molar-refractivity contribution in [2.24, 2.45) is 0 Å². The number of benzene rings is 1. The molecule has 2 aromatic rings. The third-order valence-corrected chi connectivity index (χ3v) is 3.48. The fourth-order valence-corrected chi connectivity index (χ4v) is 2.35. The molecule has 0 unspecified atom stereocenters. The number of rotatable bonds is 2. The van der Waals surface area contributed by atoms with Gasteiger partial charge >= 0.3 is 0 Å². The second-order valence-electron chi connectivity index (χ2n) is 4.89. The molecule has 0 spiro atoms. The van der Waals surface area contributed by atoms with Crippen LogP contribution in [0.15, 0.2) is 24.3 Å². The number of para-hydroxylation sites is 2. The number of carbonyl (C=O) groups is 1. The second-order valence-corrected chi connectivity index (χ2v) is 4.89. The van der Waals surface area contributed by atoms with Crippen molar-refractivity contribution in [3.63, 3.8) is 0 Å². The van der Waals surface area contributed by atoms with Crippen LogP contribution in [0.2, 0.25) is 0 Å². The smallest absolute Gasteiger partial charge is 0.244 e. The van der Waals surface area contributed by atoms with Gasteiger partial charge in [-0.1, -0.05) is 12.1 Å². The highest BCUT2D eigenvalue weighted by Gasteiger charge is 2.29. The van der Waals surface area contributed by atoms with Gasteiger partial charge in [-0.3, -0.25) is 4.79 Å². The fraction of sp³-hybridized carbons (Fsp3) is 0.357. The highest BCUT2D eigenvalue weighted by molar-refractivity contribution is 5.86. The van der Waals surface area contributed by atoms with Crippen LogP contribution in [0.4, 0.5) is 5.82 Å². The molecule has 2 heterocycles. The maximum atomic E-state index is 11.9. The van der Waals surface area contributed by atoms with Gasteiger partial charge in [0.2, 0.25) is 5.91 Å². The number of hydrogen-bond acceptors (Lipinski definition) is 4. The Kier molecular flexibility index (Phi) is 2.81. The molecule has 19 heavy (non-hydrogen) atoms. The minimum atomic E-state index is -0.181. The number of fused-ring (bicyclic) bond motifs is 1. The van der Waals surface area contributed by atoms with Gasteiger partial charge in [0.25, 0.3) is 0 Å². The molecule has 1 aromatic carbocycles. The molecular formula is C14H16N4O. The first-order valence-electron chi connectivity index (χ1n) is 6.40. The van der Waals surface area contributed by atoms with Gasteiger partial charge < -0.3 is 10.2 Å². The maximum Gasteiger partial charge on any atom is 0.244 e. The molecule has 1 amide bonds. The predicted molar refractivity (Wildman–Crippen MR) is 73.9 cm³/mol. The molecule has 1 aliphatic rings. The summed E-state index contributed by atoms with van der Waals surface area (Å²) in [5.74, 6) is 0.821. The molecule has 1 atom stereocenters. The average molecular weight is 256 g/mol. The normalized spacial score (nSPS) is 19.2. The molecule has 1 N–H and O–H groups in total. The van der Waals surface area contributed by atoms with E-state index >= 15 is 0 Å². The summed E-state index contributed by atoms with van der Waals surface area (Å²) in [5, 5.41) is 3.22. The Labute approximate surface area is 111 Å². The molecule has 0 bridgehead atoms. The van der Waals surface area contributed by atoms with E-state index in [-0.39, 0.29) is 11.9 Å². The Bertz CT molecular complexity index is 640. The highest BCUT2D eigenvalue weighted by Crippen LogP contribution is 2.19. The average Bonchev–Trinajstić information content (AvgIpc) is 2.71. The zero-order valence-corrected chi connectivity index (χ0v) is 11.1. The number of hydrogen-bond donors (Lipinski definition) is 1. The molecule has 98 valence electrons. The van der Waals surface area contributed by atoms with Crippen LogP contribution in [0.5, 0.6) is 0 Å². The van der Waals surface area contributed by atoms with E-state index < -0.39 is 0 Å². The van der Waals surface area contributed by atoms with Gasteiger partial charge in [0.1, 0.15) is 11.9 Å². The third-order valence-electron chi connectivity index (χ3n) is 3.48. The molecule has 1 saturated heterocycles. The Hall–Kier alpha value is -2.17. The van der Waals surface area contributed by atoms with E-state index in [0.717, 1.165) is 29.7 Å². The van der Waals surface area contributed by atoms with Crippen molar-refractivity contribution in [2.45, 2.75) is 19.4 Å². The Balaban J connectivity index is 1.92. The minimum Gasteiger partial charge on any atom is -0.357 e. The molecule has 0 saturated carbocycles. The van der Waals surface area contributed by atoms with Gasteiger partial charge in [-0.15, -0.1) is 0 Å². The number of nitrogens with one attached hydrogen (secondary N) is 1. The van der Waals surface area contributed by atoms with Crippen LogP contribution in [-0.4, -0.2) is 40.4 Å². The van der Waals surface area contributed by atoms with Crippen LogP contribution in [-0.2, 0) is 4.79 Å². The molecular weight excluding hydrogens is 240 g/mol. The van der Waals surface area contributed by atoms with E-state index in [1.54, 1.807) is 4.90 Å². The summed E-state index contributed by atoms with van der Waals surface area (Å²) >= 11 is 0. The summed E-state index contributed by atoms with van der Waals surface area (Å²) in [6, 6.07) is 7.56. The number of aromatic nitrogens is 2. The lowest BCUT2D eigenvalue weighted by molar-refractivity contribution is -0.127. The molecule has 0 aliphatic carbocycles. The first-order chi connectivity index (χ1) is 9.15. The quantitative estimate of drug-likeness (QED) is 0.886. The van der Waals surface area contributed by atoms with Gasteiger partial charge in [0.15, 0.2) is 0 Å². The topological polar surface area (TPSA) is 58.1 Å². The summed E-state index contributed by atoms with van der Waals surface area (Å²) < 4.78 is 0. The lowest BCUT2D eigenvalue weighted by Gasteiger charge is -2.14. The minimum absolute atomic E-state index is 0.120. The fourth-order valence-electron chi connectivity index (χ4n) is 2.35. The van der Waals surface area contributed by atoms with Crippen molar-refractivity contribution in [1.82, 2.24) is 14.9 Å². The van der Waals surface area contributed by atoms with Crippen LogP contribution in [0, 0.1) is 6.92 Å². The van der Waals surface area contributed by atoms with Crippen molar-refractivity contribution in [3.05, 3.63) is 30.0 Å². The van der Waals surface area contributed by atoms with Gasteiger partial charge in [-0.05, 0) is 25.5 Å². The lowest BCUT2D eigenvalue weighted by atomic mass is 10.2. The summed E-state index contributed by atoms with van der Waals surface area (Å²) in [6.07, 6.45) is 0.809. The summed E-state index contributed by atoms with van der Waals surface area (Å²) in [5.41, 5.74) is 2.54. The number of carbonyl (C=O) groups excluding carboxylic acids is 1. The van der Waals surface area contributed by atoms with E-state index in [9.17, 15) is 4.79 Å². The molecule has 1 aliphatic heterocycles. The number of nitrogens with zero attached hydrogens (tertiary/aromatic N) is 3. The van der Waals surface area contributed by atoms with Crippen molar-refractivity contribution < 1.29 is 4.79 Å². The standard InChI is InChI=1S/C14H16N4O/c1-9-13(17-12-7-8-18(2)14(12)19)16-11-6-4-3-5-10(11)15-9/h3-6,12H,7-8H2,1-2H3,(H,16,17)/t12-/m0/s1. The zero-order chi connectivity index (χ0) is 13.4. The largest absolute Gasteiger partial charge is 0.357 e. The number of aryl methyl sites for hydroxylation is 1. The molecule has 5 heteroatoms.